The molecule has 0 bridgehead atoms. The molecule has 1 aliphatic heterocycles. The van der Waals surface area contributed by atoms with E-state index in [1.807, 2.05) is 0 Å². The molecule has 5 atom stereocenters. The second-order valence-corrected chi connectivity index (χ2v) is 12.0. The lowest BCUT2D eigenvalue weighted by Crippen LogP contribution is -2.59. The highest BCUT2D eigenvalue weighted by Crippen LogP contribution is 2.26. The second kappa shape index (κ2) is 10.1. The number of rotatable bonds is 7. The molecule has 3 unspecified atom stereocenters. The van der Waals surface area contributed by atoms with Crippen molar-refractivity contribution in [3.63, 3.8) is 0 Å². The Kier molecular flexibility index (Phi) is 7.89. The largest absolute Gasteiger partial charge is 0.364 e. The number of benzene rings is 2. The van der Waals surface area contributed by atoms with Gasteiger partial charge >= 0.3 is 0 Å². The molecule has 1 heterocycles. The molecule has 0 aromatic heterocycles. The smallest absolute Gasteiger partial charge is 0.105 e. The van der Waals surface area contributed by atoms with Crippen LogP contribution >= 0.6 is 0 Å². The first kappa shape index (κ1) is 25.0. The molecule has 2 aromatic carbocycles. The molecular weight excluding hydrogens is 390 g/mol. The number of quaternary nitrogens is 1. The molecule has 0 aliphatic carbocycles. The highest BCUT2D eigenvalue weighted by atomic mass is 16.5. The molecule has 0 radical (unpaired) electrons. The van der Waals surface area contributed by atoms with Gasteiger partial charge in [0.05, 0.1) is 13.6 Å². The van der Waals surface area contributed by atoms with Gasteiger partial charge in [0, 0.05) is 5.92 Å². The van der Waals surface area contributed by atoms with Gasteiger partial charge in [0.1, 0.15) is 25.3 Å². The number of morpholine rings is 1. The summed E-state index contributed by atoms with van der Waals surface area (Å²) in [6, 6.07) is 18.6. The van der Waals surface area contributed by atoms with E-state index in [4.69, 9.17) is 4.74 Å². The van der Waals surface area contributed by atoms with Crippen LogP contribution in [0.2, 0.25) is 0 Å². The van der Waals surface area contributed by atoms with Crippen molar-refractivity contribution in [2.45, 2.75) is 84.8 Å². The van der Waals surface area contributed by atoms with Crippen molar-refractivity contribution in [2.75, 3.05) is 26.7 Å². The number of hydrogen-bond donors (Lipinski definition) is 0. The molecule has 2 nitrogen and oxygen atoms in total. The molecule has 0 spiro atoms. The van der Waals surface area contributed by atoms with Crippen LogP contribution in [-0.2, 0) is 23.0 Å². The summed E-state index contributed by atoms with van der Waals surface area (Å²) in [5.74, 6) is 1.20. The van der Waals surface area contributed by atoms with Gasteiger partial charge < -0.3 is 9.22 Å². The fourth-order valence-electron chi connectivity index (χ4n) is 5.76. The summed E-state index contributed by atoms with van der Waals surface area (Å²) >= 11 is 0. The molecular formula is C30H46NO+. The van der Waals surface area contributed by atoms with Gasteiger partial charge in [0.25, 0.3) is 0 Å². The number of ether oxygens (including phenoxy) is 1. The minimum absolute atomic E-state index is 0.217. The quantitative estimate of drug-likeness (QED) is 0.436. The molecule has 2 aromatic rings. The third-order valence-electron chi connectivity index (χ3n) is 7.11. The molecule has 3 rings (SSSR count). The first-order valence-corrected chi connectivity index (χ1v) is 12.6. The van der Waals surface area contributed by atoms with E-state index in [0.29, 0.717) is 24.0 Å². The van der Waals surface area contributed by atoms with Crippen molar-refractivity contribution in [3.05, 3.63) is 70.8 Å². The Balaban J connectivity index is 1.55. The average molecular weight is 437 g/mol. The highest BCUT2D eigenvalue weighted by molar-refractivity contribution is 5.31. The molecule has 176 valence electrons. The van der Waals surface area contributed by atoms with Crippen molar-refractivity contribution in [3.8, 4) is 0 Å². The Morgan fingerprint density at radius 2 is 1.34 bits per heavy atom. The minimum atomic E-state index is 0.217. The van der Waals surface area contributed by atoms with Crippen LogP contribution in [0.3, 0.4) is 0 Å². The van der Waals surface area contributed by atoms with Gasteiger partial charge in [-0.3, -0.25) is 0 Å². The van der Waals surface area contributed by atoms with Gasteiger partial charge in [-0.25, -0.2) is 0 Å². The molecule has 0 amide bonds. The van der Waals surface area contributed by atoms with Crippen molar-refractivity contribution >= 4 is 0 Å². The van der Waals surface area contributed by atoms with Crippen molar-refractivity contribution in [1.82, 2.24) is 0 Å². The highest BCUT2D eigenvalue weighted by Gasteiger charge is 2.34. The van der Waals surface area contributed by atoms with E-state index in [1.54, 1.807) is 0 Å². The van der Waals surface area contributed by atoms with Crippen LogP contribution in [0.25, 0.3) is 0 Å². The van der Waals surface area contributed by atoms with Gasteiger partial charge in [0.15, 0.2) is 0 Å². The van der Waals surface area contributed by atoms with Crippen LogP contribution in [0, 0.1) is 5.92 Å². The summed E-state index contributed by atoms with van der Waals surface area (Å²) in [7, 11) is 2.41. The van der Waals surface area contributed by atoms with Gasteiger partial charge in [-0.2, -0.15) is 0 Å². The maximum absolute atomic E-state index is 5.96. The van der Waals surface area contributed by atoms with E-state index >= 15 is 0 Å². The van der Waals surface area contributed by atoms with Crippen molar-refractivity contribution < 1.29 is 9.22 Å². The Morgan fingerprint density at radius 1 is 0.844 bits per heavy atom. The van der Waals surface area contributed by atoms with E-state index in [2.05, 4.69) is 104 Å². The van der Waals surface area contributed by atoms with Crippen LogP contribution < -0.4 is 0 Å². The average Bonchev–Trinajstić information content (AvgIpc) is 2.66. The monoisotopic (exact) mass is 436 g/mol. The Labute approximate surface area is 197 Å². The van der Waals surface area contributed by atoms with Crippen molar-refractivity contribution in [2.24, 2.45) is 5.92 Å². The van der Waals surface area contributed by atoms with Crippen LogP contribution in [0.4, 0.5) is 0 Å². The summed E-state index contributed by atoms with van der Waals surface area (Å²) < 4.78 is 7.10. The lowest BCUT2D eigenvalue weighted by atomic mass is 9.85. The van der Waals surface area contributed by atoms with Gasteiger partial charge in [-0.05, 0) is 60.3 Å². The SMILES string of the molecule is CC(Cc1ccc(C(C)Cc2ccc(C(C)(C)C)cc2)cc1)C[N+]1(C)C[C@@H](C)O[C@@H](C)C1. The predicted molar refractivity (Wildman–Crippen MR) is 137 cm³/mol. The summed E-state index contributed by atoms with van der Waals surface area (Å²) in [5, 5.41) is 0. The summed E-state index contributed by atoms with van der Waals surface area (Å²) in [6.07, 6.45) is 2.97. The first-order valence-electron chi connectivity index (χ1n) is 12.6. The van der Waals surface area contributed by atoms with E-state index in [0.717, 1.165) is 30.4 Å². The lowest BCUT2D eigenvalue weighted by molar-refractivity contribution is -0.926. The van der Waals surface area contributed by atoms with E-state index in [9.17, 15) is 0 Å². The zero-order valence-corrected chi connectivity index (χ0v) is 21.8. The minimum Gasteiger partial charge on any atom is -0.364 e. The zero-order chi connectivity index (χ0) is 23.5. The standard InChI is InChI=1S/C30H46NO/c1-22(19-31(8)20-24(3)32-25(4)21-31)17-26-9-13-28(14-10-26)23(2)18-27-11-15-29(16-12-27)30(5,6)7/h9-16,22-25H,17-21H2,1-8H3/q+1/t22?,23?,24-,25+,31?. The summed E-state index contributed by atoms with van der Waals surface area (Å²) in [5.41, 5.74) is 5.95. The van der Waals surface area contributed by atoms with Gasteiger partial charge in [-0.1, -0.05) is 83.1 Å². The molecule has 0 saturated carbocycles. The molecule has 32 heavy (non-hydrogen) atoms. The Bertz CT molecular complexity index is 836. The second-order valence-electron chi connectivity index (χ2n) is 12.0. The summed E-state index contributed by atoms with van der Waals surface area (Å²) in [6.45, 7) is 19.5. The maximum atomic E-state index is 5.96. The predicted octanol–water partition coefficient (Wildman–Crippen LogP) is 6.76. The number of hydrogen-bond acceptors (Lipinski definition) is 1. The third-order valence-corrected chi connectivity index (χ3v) is 7.11. The molecule has 1 saturated heterocycles. The topological polar surface area (TPSA) is 9.23 Å². The normalized spacial score (nSPS) is 26.0. The van der Waals surface area contributed by atoms with Crippen LogP contribution in [0.15, 0.2) is 48.5 Å². The molecule has 2 heteroatoms. The third kappa shape index (κ3) is 6.93. The maximum Gasteiger partial charge on any atom is 0.105 e. The van der Waals surface area contributed by atoms with Crippen molar-refractivity contribution in [1.29, 1.82) is 0 Å². The zero-order valence-electron chi connectivity index (χ0n) is 21.8. The Hall–Kier alpha value is -1.64. The fourth-order valence-corrected chi connectivity index (χ4v) is 5.76. The van der Waals surface area contributed by atoms with Gasteiger partial charge in [0.2, 0.25) is 0 Å². The Morgan fingerprint density at radius 3 is 1.88 bits per heavy atom. The van der Waals surface area contributed by atoms with Crippen LogP contribution in [0.1, 0.15) is 76.6 Å². The van der Waals surface area contributed by atoms with Crippen LogP contribution in [0.5, 0.6) is 0 Å². The van der Waals surface area contributed by atoms with Gasteiger partial charge in [-0.15, -0.1) is 0 Å². The summed E-state index contributed by atoms with van der Waals surface area (Å²) in [4.78, 5) is 0. The van der Waals surface area contributed by atoms with E-state index in [1.165, 1.54) is 28.8 Å². The number of nitrogens with zero attached hydrogens (tertiary/aromatic N) is 1. The van der Waals surface area contributed by atoms with E-state index in [-0.39, 0.29) is 5.41 Å². The molecule has 1 aliphatic rings. The first-order chi connectivity index (χ1) is 14.9. The molecule has 1 fully saturated rings. The van der Waals surface area contributed by atoms with Crippen LogP contribution in [-0.4, -0.2) is 43.4 Å². The molecule has 0 N–H and O–H groups in total. The van der Waals surface area contributed by atoms with E-state index < -0.39 is 0 Å². The fraction of sp³-hybridized carbons (Fsp3) is 0.600. The number of likely N-dealkylation sites (N-methyl/N-ethyl adjacent to an activating group) is 1. The lowest BCUT2D eigenvalue weighted by Gasteiger charge is -2.44.